The third-order valence-corrected chi connectivity index (χ3v) is 2.53. The minimum absolute atomic E-state index is 0.353. The van der Waals surface area contributed by atoms with Gasteiger partial charge in [-0.3, -0.25) is 0 Å². The Hall–Kier alpha value is -1.52. The predicted octanol–water partition coefficient (Wildman–Crippen LogP) is 2.67. The van der Waals surface area contributed by atoms with E-state index in [1.165, 1.54) is 0 Å². The second-order valence-corrected chi connectivity index (χ2v) is 4.11. The third kappa shape index (κ3) is 2.99. The Balaban J connectivity index is 2.08. The molecule has 0 spiro atoms. The van der Waals surface area contributed by atoms with Gasteiger partial charge in [0, 0.05) is 23.2 Å². The van der Waals surface area contributed by atoms with Gasteiger partial charge in [-0.25, -0.2) is 0 Å². The van der Waals surface area contributed by atoms with Crippen molar-refractivity contribution in [3.8, 4) is 5.75 Å². The number of nitrogens with two attached hydrogens (primary N) is 1. The summed E-state index contributed by atoms with van der Waals surface area (Å²) >= 11 is 5.88. The van der Waals surface area contributed by atoms with E-state index in [2.05, 4.69) is 5.16 Å². The summed E-state index contributed by atoms with van der Waals surface area (Å²) < 4.78 is 10.6. The summed E-state index contributed by atoms with van der Waals surface area (Å²) in [4.78, 5) is 0. The number of aryl methyl sites for hydroxylation is 1. The fourth-order valence-corrected chi connectivity index (χ4v) is 1.68. The molecule has 2 rings (SSSR count). The first-order valence-electron chi connectivity index (χ1n) is 5.22. The molecule has 2 aromatic rings. The quantitative estimate of drug-likeness (QED) is 0.909. The molecule has 0 aliphatic heterocycles. The van der Waals surface area contributed by atoms with Crippen LogP contribution in [0.25, 0.3) is 0 Å². The van der Waals surface area contributed by atoms with Gasteiger partial charge in [-0.15, -0.1) is 0 Å². The van der Waals surface area contributed by atoms with Crippen LogP contribution in [0.2, 0.25) is 5.02 Å². The summed E-state index contributed by atoms with van der Waals surface area (Å²) in [6.07, 6.45) is 0. The number of halogens is 1. The summed E-state index contributed by atoms with van der Waals surface area (Å²) in [5, 5.41) is 4.49. The van der Waals surface area contributed by atoms with E-state index in [4.69, 9.17) is 26.6 Å². The maximum Gasteiger partial charge on any atom is 0.134 e. The smallest absolute Gasteiger partial charge is 0.134 e. The van der Waals surface area contributed by atoms with E-state index in [-0.39, 0.29) is 0 Å². The number of hydrogen-bond donors (Lipinski definition) is 1. The van der Waals surface area contributed by atoms with E-state index in [0.29, 0.717) is 18.2 Å². The minimum Gasteiger partial charge on any atom is -0.487 e. The largest absolute Gasteiger partial charge is 0.487 e. The van der Waals surface area contributed by atoms with E-state index in [0.717, 1.165) is 22.8 Å². The number of nitrogens with zero attached hydrogens (tertiary/aromatic N) is 1. The maximum atomic E-state index is 5.88. The fourth-order valence-electron chi connectivity index (χ4n) is 1.49. The van der Waals surface area contributed by atoms with Gasteiger partial charge in [-0.05, 0) is 25.1 Å². The third-order valence-electron chi connectivity index (χ3n) is 2.29. The van der Waals surface area contributed by atoms with E-state index >= 15 is 0 Å². The molecule has 0 radical (unpaired) electrons. The topological polar surface area (TPSA) is 61.3 Å². The zero-order valence-corrected chi connectivity index (χ0v) is 10.2. The molecule has 0 unspecified atom stereocenters. The zero-order chi connectivity index (χ0) is 12.3. The highest BCUT2D eigenvalue weighted by molar-refractivity contribution is 6.30. The highest BCUT2D eigenvalue weighted by atomic mass is 35.5. The summed E-state index contributed by atoms with van der Waals surface area (Å²) in [6, 6.07) is 7.20. The van der Waals surface area contributed by atoms with Crippen LogP contribution in [0.3, 0.4) is 0 Å². The van der Waals surface area contributed by atoms with E-state index in [1.54, 1.807) is 18.2 Å². The lowest BCUT2D eigenvalue weighted by molar-refractivity contribution is 0.285. The molecule has 0 bridgehead atoms. The molecule has 0 aliphatic carbocycles. The minimum atomic E-state index is 0.353. The lowest BCUT2D eigenvalue weighted by Gasteiger charge is -2.09. The van der Waals surface area contributed by atoms with Crippen molar-refractivity contribution in [2.24, 2.45) is 5.73 Å². The lowest BCUT2D eigenvalue weighted by atomic mass is 10.2. The van der Waals surface area contributed by atoms with Crippen LogP contribution in [-0.2, 0) is 13.2 Å². The molecular formula is C12H13ClN2O2. The van der Waals surface area contributed by atoms with Gasteiger partial charge >= 0.3 is 0 Å². The number of hydrogen-bond acceptors (Lipinski definition) is 4. The Labute approximate surface area is 104 Å². The number of ether oxygens (including phenoxy) is 1. The van der Waals surface area contributed by atoms with Crippen molar-refractivity contribution in [2.75, 3.05) is 0 Å². The van der Waals surface area contributed by atoms with E-state index < -0.39 is 0 Å². The van der Waals surface area contributed by atoms with Crippen molar-refractivity contribution in [3.63, 3.8) is 0 Å². The first kappa shape index (κ1) is 12.0. The molecule has 1 aromatic carbocycles. The molecule has 0 saturated carbocycles. The summed E-state index contributed by atoms with van der Waals surface area (Å²) in [5.41, 5.74) is 7.24. The first-order chi connectivity index (χ1) is 8.19. The molecule has 0 amide bonds. The lowest BCUT2D eigenvalue weighted by Crippen LogP contribution is -2.02. The average Bonchev–Trinajstić information content (AvgIpc) is 2.73. The van der Waals surface area contributed by atoms with Crippen molar-refractivity contribution in [3.05, 3.63) is 46.3 Å². The molecule has 2 N–H and O–H groups in total. The molecule has 1 aromatic heterocycles. The Kier molecular flexibility index (Phi) is 3.66. The van der Waals surface area contributed by atoms with Crippen LogP contribution in [0.5, 0.6) is 5.75 Å². The normalized spacial score (nSPS) is 10.5. The van der Waals surface area contributed by atoms with Crippen molar-refractivity contribution >= 4 is 11.6 Å². The van der Waals surface area contributed by atoms with Crippen LogP contribution < -0.4 is 10.5 Å². The predicted molar refractivity (Wildman–Crippen MR) is 64.9 cm³/mol. The summed E-state index contributed by atoms with van der Waals surface area (Å²) in [6.45, 7) is 2.57. The van der Waals surface area contributed by atoms with Gasteiger partial charge in [-0.2, -0.15) is 0 Å². The van der Waals surface area contributed by atoms with Crippen molar-refractivity contribution < 1.29 is 9.26 Å². The molecule has 0 fully saturated rings. The van der Waals surface area contributed by atoms with Crippen molar-refractivity contribution in [1.82, 2.24) is 5.16 Å². The Morgan fingerprint density at radius 2 is 2.24 bits per heavy atom. The van der Waals surface area contributed by atoms with Gasteiger partial charge in [0.05, 0.1) is 0 Å². The van der Waals surface area contributed by atoms with Gasteiger partial charge in [0.25, 0.3) is 0 Å². The molecule has 1 heterocycles. The Bertz CT molecular complexity index is 511. The molecule has 0 atom stereocenters. The summed E-state index contributed by atoms with van der Waals surface area (Å²) in [5.74, 6) is 1.48. The second-order valence-electron chi connectivity index (χ2n) is 3.67. The molecule has 90 valence electrons. The summed E-state index contributed by atoms with van der Waals surface area (Å²) in [7, 11) is 0. The average molecular weight is 253 g/mol. The van der Waals surface area contributed by atoms with Crippen LogP contribution in [0, 0.1) is 6.92 Å². The van der Waals surface area contributed by atoms with Crippen LogP contribution in [0.1, 0.15) is 17.0 Å². The van der Waals surface area contributed by atoms with E-state index in [1.807, 2.05) is 13.0 Å². The van der Waals surface area contributed by atoms with Gasteiger partial charge in [0.1, 0.15) is 23.8 Å². The second kappa shape index (κ2) is 5.21. The van der Waals surface area contributed by atoms with E-state index in [9.17, 15) is 0 Å². The van der Waals surface area contributed by atoms with Crippen LogP contribution >= 0.6 is 11.6 Å². The number of benzene rings is 1. The maximum absolute atomic E-state index is 5.88. The van der Waals surface area contributed by atoms with Gasteiger partial charge in [-0.1, -0.05) is 16.8 Å². The zero-order valence-electron chi connectivity index (χ0n) is 9.44. The fraction of sp³-hybridized carbons (Fsp3) is 0.250. The van der Waals surface area contributed by atoms with Crippen molar-refractivity contribution in [1.29, 1.82) is 0 Å². The van der Waals surface area contributed by atoms with Crippen LogP contribution in [-0.4, -0.2) is 5.16 Å². The molecule has 5 heteroatoms. The Morgan fingerprint density at radius 1 is 1.41 bits per heavy atom. The first-order valence-corrected chi connectivity index (χ1v) is 5.60. The number of aromatic nitrogens is 1. The standard InChI is InChI=1S/C12H13ClN2O2/c1-8-4-11(15-17-8)7-16-12-3-2-10(13)5-9(12)6-14/h2-5H,6-7,14H2,1H3. The Morgan fingerprint density at radius 3 is 2.88 bits per heavy atom. The highest BCUT2D eigenvalue weighted by Gasteiger charge is 2.05. The van der Waals surface area contributed by atoms with Gasteiger partial charge in [0.2, 0.25) is 0 Å². The highest BCUT2D eigenvalue weighted by Crippen LogP contribution is 2.23. The SMILES string of the molecule is Cc1cc(COc2ccc(Cl)cc2CN)no1. The molecular weight excluding hydrogens is 240 g/mol. The monoisotopic (exact) mass is 252 g/mol. The van der Waals surface area contributed by atoms with Gasteiger partial charge in [0.15, 0.2) is 0 Å². The van der Waals surface area contributed by atoms with Crippen LogP contribution in [0.4, 0.5) is 0 Å². The molecule has 0 aliphatic rings. The number of rotatable bonds is 4. The van der Waals surface area contributed by atoms with Crippen molar-refractivity contribution in [2.45, 2.75) is 20.1 Å². The molecule has 0 saturated heterocycles. The molecule has 17 heavy (non-hydrogen) atoms. The van der Waals surface area contributed by atoms with Crippen LogP contribution in [0.15, 0.2) is 28.8 Å². The molecule has 4 nitrogen and oxygen atoms in total. The van der Waals surface area contributed by atoms with Gasteiger partial charge < -0.3 is 15.0 Å².